The highest BCUT2D eigenvalue weighted by Crippen LogP contribution is 2.31. The zero-order valence-electron chi connectivity index (χ0n) is 15.2. The minimum Gasteiger partial charge on any atom is -0.314 e. The van der Waals surface area contributed by atoms with Crippen LogP contribution in [0.4, 0.5) is 5.69 Å². The van der Waals surface area contributed by atoms with Gasteiger partial charge in [0.25, 0.3) is 0 Å². The van der Waals surface area contributed by atoms with Gasteiger partial charge in [-0.15, -0.1) is 0 Å². The van der Waals surface area contributed by atoms with Crippen molar-refractivity contribution in [1.82, 2.24) is 10.2 Å². The van der Waals surface area contributed by atoms with Crippen LogP contribution in [-0.2, 0) is 17.6 Å². The number of carbonyl (C=O) groups is 1. The molecule has 1 amide bonds. The van der Waals surface area contributed by atoms with Crippen molar-refractivity contribution < 1.29 is 4.79 Å². The summed E-state index contributed by atoms with van der Waals surface area (Å²) in [7, 11) is 0. The summed E-state index contributed by atoms with van der Waals surface area (Å²) in [4.78, 5) is 17.3. The molecular weight excluding hydrogens is 298 g/mol. The number of piperazine rings is 1. The van der Waals surface area contributed by atoms with E-state index in [-0.39, 0.29) is 5.92 Å². The van der Waals surface area contributed by atoms with Gasteiger partial charge in [0.2, 0.25) is 5.91 Å². The Bertz CT molecular complexity index is 562. The minimum atomic E-state index is 0.170. The molecule has 0 spiro atoms. The maximum Gasteiger partial charge on any atom is 0.230 e. The Kier molecular flexibility index (Phi) is 5.90. The molecule has 1 fully saturated rings. The zero-order chi connectivity index (χ0) is 16.9. The summed E-state index contributed by atoms with van der Waals surface area (Å²) in [5, 5.41) is 3.40. The average molecular weight is 329 g/mol. The van der Waals surface area contributed by atoms with Gasteiger partial charge in [0.05, 0.1) is 0 Å². The Balaban J connectivity index is 1.63. The number of hydrogen-bond acceptors (Lipinski definition) is 3. The number of carbonyl (C=O) groups excluding carboxylic acids is 1. The van der Waals surface area contributed by atoms with E-state index in [0.29, 0.717) is 5.91 Å². The molecule has 4 heteroatoms. The van der Waals surface area contributed by atoms with Gasteiger partial charge in [-0.25, -0.2) is 0 Å². The number of benzene rings is 1. The van der Waals surface area contributed by atoms with Crippen LogP contribution in [0.3, 0.4) is 0 Å². The molecule has 0 saturated carbocycles. The van der Waals surface area contributed by atoms with Crippen molar-refractivity contribution in [2.45, 2.75) is 39.5 Å². The highest BCUT2D eigenvalue weighted by atomic mass is 16.2. The van der Waals surface area contributed by atoms with Gasteiger partial charge >= 0.3 is 0 Å². The SMILES string of the molecule is CCC(CC)C(=O)N1CCc2cc(CCN3CCNCC3)ccc21. The molecule has 0 radical (unpaired) electrons. The third-order valence-electron chi connectivity index (χ3n) is 5.57. The van der Waals surface area contributed by atoms with E-state index in [1.165, 1.54) is 11.1 Å². The van der Waals surface area contributed by atoms with Crippen molar-refractivity contribution in [3.63, 3.8) is 0 Å². The number of rotatable bonds is 6. The fourth-order valence-electron chi connectivity index (χ4n) is 3.92. The van der Waals surface area contributed by atoms with Gasteiger partial charge in [0, 0.05) is 50.9 Å². The fourth-order valence-corrected chi connectivity index (χ4v) is 3.92. The topological polar surface area (TPSA) is 35.6 Å². The minimum absolute atomic E-state index is 0.170. The standard InChI is InChI=1S/C20H31N3O/c1-3-17(4-2)20(24)23-12-8-18-15-16(5-6-19(18)23)7-11-22-13-9-21-10-14-22/h5-6,15,17,21H,3-4,7-14H2,1-2H3. The Hall–Kier alpha value is -1.39. The van der Waals surface area contributed by atoms with E-state index in [0.717, 1.165) is 70.6 Å². The molecule has 0 bridgehead atoms. The van der Waals surface area contributed by atoms with Crippen molar-refractivity contribution in [1.29, 1.82) is 0 Å². The van der Waals surface area contributed by atoms with Crippen LogP contribution in [0.5, 0.6) is 0 Å². The Morgan fingerprint density at radius 3 is 2.62 bits per heavy atom. The van der Waals surface area contributed by atoms with Crippen LogP contribution in [0.1, 0.15) is 37.8 Å². The smallest absolute Gasteiger partial charge is 0.230 e. The largest absolute Gasteiger partial charge is 0.314 e. The summed E-state index contributed by atoms with van der Waals surface area (Å²) in [5.74, 6) is 0.482. The van der Waals surface area contributed by atoms with Crippen LogP contribution in [0.2, 0.25) is 0 Å². The number of nitrogens with zero attached hydrogens (tertiary/aromatic N) is 2. The molecule has 2 heterocycles. The van der Waals surface area contributed by atoms with E-state index in [9.17, 15) is 4.79 Å². The highest BCUT2D eigenvalue weighted by molar-refractivity contribution is 5.97. The monoisotopic (exact) mass is 329 g/mol. The van der Waals surface area contributed by atoms with E-state index < -0.39 is 0 Å². The maximum atomic E-state index is 12.7. The van der Waals surface area contributed by atoms with Crippen molar-refractivity contribution >= 4 is 11.6 Å². The lowest BCUT2D eigenvalue weighted by Crippen LogP contribution is -2.44. The molecule has 0 aliphatic carbocycles. The first-order chi connectivity index (χ1) is 11.7. The number of hydrogen-bond donors (Lipinski definition) is 1. The van der Waals surface area contributed by atoms with Crippen LogP contribution in [0.25, 0.3) is 0 Å². The zero-order valence-corrected chi connectivity index (χ0v) is 15.2. The predicted octanol–water partition coefficient (Wildman–Crippen LogP) is 2.46. The maximum absolute atomic E-state index is 12.7. The second-order valence-corrected chi connectivity index (χ2v) is 7.06. The van der Waals surface area contributed by atoms with Crippen LogP contribution in [0, 0.1) is 5.92 Å². The van der Waals surface area contributed by atoms with Crippen LogP contribution < -0.4 is 10.2 Å². The molecule has 1 aromatic carbocycles. The fraction of sp³-hybridized carbons (Fsp3) is 0.650. The molecule has 2 aliphatic heterocycles. The molecule has 3 rings (SSSR count). The molecule has 1 aromatic rings. The third kappa shape index (κ3) is 3.81. The summed E-state index contributed by atoms with van der Waals surface area (Å²) >= 11 is 0. The lowest BCUT2D eigenvalue weighted by atomic mass is 10.0. The summed E-state index contributed by atoms with van der Waals surface area (Å²) in [6.07, 6.45) is 3.98. The normalized spacial score (nSPS) is 18.2. The Labute approximate surface area is 146 Å². The molecular formula is C20H31N3O. The lowest BCUT2D eigenvalue weighted by Gasteiger charge is -2.27. The Morgan fingerprint density at radius 2 is 1.92 bits per heavy atom. The van der Waals surface area contributed by atoms with Gasteiger partial charge in [-0.05, 0) is 42.9 Å². The molecule has 132 valence electrons. The molecule has 0 aromatic heterocycles. The van der Waals surface area contributed by atoms with Crippen molar-refractivity contribution in [3.8, 4) is 0 Å². The third-order valence-corrected chi connectivity index (χ3v) is 5.57. The first-order valence-corrected chi connectivity index (χ1v) is 9.59. The summed E-state index contributed by atoms with van der Waals surface area (Å²) in [5.41, 5.74) is 3.91. The molecule has 24 heavy (non-hydrogen) atoms. The second kappa shape index (κ2) is 8.13. The van der Waals surface area contributed by atoms with Gasteiger partial charge in [-0.3, -0.25) is 4.79 Å². The Morgan fingerprint density at radius 1 is 1.17 bits per heavy atom. The van der Waals surface area contributed by atoms with Crippen molar-refractivity contribution in [2.24, 2.45) is 5.92 Å². The van der Waals surface area contributed by atoms with Crippen LogP contribution in [0.15, 0.2) is 18.2 Å². The summed E-state index contributed by atoms with van der Waals surface area (Å²) < 4.78 is 0. The van der Waals surface area contributed by atoms with Crippen molar-refractivity contribution in [2.75, 3.05) is 44.2 Å². The first-order valence-electron chi connectivity index (χ1n) is 9.59. The quantitative estimate of drug-likeness (QED) is 0.871. The van der Waals surface area contributed by atoms with Crippen molar-refractivity contribution in [3.05, 3.63) is 29.3 Å². The van der Waals surface area contributed by atoms with E-state index in [2.05, 4.69) is 42.3 Å². The van der Waals surface area contributed by atoms with Gasteiger partial charge in [-0.2, -0.15) is 0 Å². The van der Waals surface area contributed by atoms with Gasteiger partial charge < -0.3 is 15.1 Å². The predicted molar refractivity (Wildman–Crippen MR) is 99.6 cm³/mol. The van der Waals surface area contributed by atoms with E-state index in [1.807, 2.05) is 4.90 Å². The second-order valence-electron chi connectivity index (χ2n) is 7.06. The molecule has 0 unspecified atom stereocenters. The number of nitrogens with one attached hydrogen (secondary N) is 1. The number of fused-ring (bicyclic) bond motifs is 1. The summed E-state index contributed by atoms with van der Waals surface area (Å²) in [6, 6.07) is 6.73. The van der Waals surface area contributed by atoms with Gasteiger partial charge in [0.1, 0.15) is 0 Å². The van der Waals surface area contributed by atoms with Gasteiger partial charge in [-0.1, -0.05) is 26.0 Å². The van der Waals surface area contributed by atoms with Gasteiger partial charge in [0.15, 0.2) is 0 Å². The first kappa shape index (κ1) is 17.4. The van der Waals surface area contributed by atoms with E-state index in [4.69, 9.17) is 0 Å². The highest BCUT2D eigenvalue weighted by Gasteiger charge is 2.28. The molecule has 1 N–H and O–H groups in total. The number of amides is 1. The number of anilines is 1. The van der Waals surface area contributed by atoms with Crippen LogP contribution in [-0.4, -0.2) is 50.1 Å². The average Bonchev–Trinajstić information content (AvgIpc) is 3.05. The van der Waals surface area contributed by atoms with E-state index >= 15 is 0 Å². The molecule has 0 atom stereocenters. The lowest BCUT2D eigenvalue weighted by molar-refractivity contribution is -0.122. The molecule has 1 saturated heterocycles. The van der Waals surface area contributed by atoms with Crippen LogP contribution >= 0.6 is 0 Å². The summed E-state index contributed by atoms with van der Waals surface area (Å²) in [6.45, 7) is 10.7. The molecule has 4 nitrogen and oxygen atoms in total. The van der Waals surface area contributed by atoms with E-state index in [1.54, 1.807) is 0 Å². The molecule has 2 aliphatic rings.